The molecule has 2 heterocycles. The lowest BCUT2D eigenvalue weighted by Gasteiger charge is -2.10. The van der Waals surface area contributed by atoms with E-state index >= 15 is 0 Å². The van der Waals surface area contributed by atoms with Crippen molar-refractivity contribution in [2.24, 2.45) is 0 Å². The second-order valence-electron chi connectivity index (χ2n) is 5.98. The summed E-state index contributed by atoms with van der Waals surface area (Å²) in [7, 11) is 1.61. The molecule has 2 aromatic carbocycles. The lowest BCUT2D eigenvalue weighted by molar-refractivity contribution is 0.415. The molecule has 0 atom stereocenters. The largest absolute Gasteiger partial charge is 0.497 e. The number of nitrogens with zero attached hydrogens (tertiary/aromatic N) is 3. The number of methoxy groups -OCH3 is 1. The second kappa shape index (κ2) is 6.68. The van der Waals surface area contributed by atoms with Gasteiger partial charge in [-0.3, -0.25) is 4.57 Å². The Morgan fingerprint density at radius 3 is 2.44 bits per heavy atom. The van der Waals surface area contributed by atoms with Gasteiger partial charge in [0.05, 0.1) is 18.1 Å². The Morgan fingerprint density at radius 1 is 0.963 bits per heavy atom. The molecular weight excluding hydrogens is 350 g/mol. The van der Waals surface area contributed by atoms with Crippen LogP contribution in [0.3, 0.4) is 0 Å². The van der Waals surface area contributed by atoms with Crippen LogP contribution in [0.1, 0.15) is 5.82 Å². The van der Waals surface area contributed by atoms with E-state index in [1.54, 1.807) is 24.7 Å². The number of halogens is 2. The number of anilines is 2. The van der Waals surface area contributed by atoms with Crippen molar-refractivity contribution in [3.8, 4) is 11.6 Å². The molecule has 2 aromatic heterocycles. The minimum atomic E-state index is -0.921. The fraction of sp³-hybridized carbons (Fsp3) is 0.100. The van der Waals surface area contributed by atoms with E-state index in [1.807, 2.05) is 36.4 Å². The summed E-state index contributed by atoms with van der Waals surface area (Å²) in [5.74, 6) is 0.674. The van der Waals surface area contributed by atoms with Gasteiger partial charge in [-0.2, -0.15) is 0 Å². The van der Waals surface area contributed by atoms with Crippen LogP contribution in [0, 0.1) is 18.6 Å². The molecule has 1 N–H and O–H groups in total. The lowest BCUT2D eigenvalue weighted by Crippen LogP contribution is -2.02. The van der Waals surface area contributed by atoms with Crippen LogP contribution in [0.4, 0.5) is 20.3 Å². The second-order valence-corrected chi connectivity index (χ2v) is 5.98. The molecule has 0 amide bonds. The molecule has 0 unspecified atom stereocenters. The highest BCUT2D eigenvalue weighted by atomic mass is 19.2. The van der Waals surface area contributed by atoms with E-state index in [1.165, 1.54) is 0 Å². The third-order valence-electron chi connectivity index (χ3n) is 4.19. The third kappa shape index (κ3) is 3.19. The molecule has 0 radical (unpaired) electrons. The van der Waals surface area contributed by atoms with Gasteiger partial charge in [-0.25, -0.2) is 18.7 Å². The number of hydrogen-bond acceptors (Lipinski definition) is 4. The van der Waals surface area contributed by atoms with Gasteiger partial charge in [-0.15, -0.1) is 0 Å². The Labute approximate surface area is 154 Å². The van der Waals surface area contributed by atoms with Crippen LogP contribution in [0.15, 0.2) is 54.6 Å². The van der Waals surface area contributed by atoms with Crippen molar-refractivity contribution in [3.63, 3.8) is 0 Å². The number of fused-ring (bicyclic) bond motifs is 1. The number of imidazole rings is 1. The Bertz CT molecular complexity index is 1120. The van der Waals surface area contributed by atoms with Crippen LogP contribution >= 0.6 is 0 Å². The first-order valence-corrected chi connectivity index (χ1v) is 8.28. The Morgan fingerprint density at radius 2 is 1.70 bits per heavy atom. The summed E-state index contributed by atoms with van der Waals surface area (Å²) in [6, 6.07) is 15.1. The van der Waals surface area contributed by atoms with Crippen LogP contribution in [0.25, 0.3) is 16.9 Å². The van der Waals surface area contributed by atoms with Crippen molar-refractivity contribution in [1.29, 1.82) is 0 Å². The van der Waals surface area contributed by atoms with Crippen molar-refractivity contribution < 1.29 is 13.5 Å². The maximum atomic E-state index is 13.7. The minimum absolute atomic E-state index is 0.377. The first-order valence-electron chi connectivity index (χ1n) is 8.28. The molecule has 0 aliphatic rings. The number of nitrogens with one attached hydrogen (secondary N) is 1. The molecule has 0 saturated heterocycles. The number of aryl methyl sites for hydroxylation is 1. The van der Waals surface area contributed by atoms with Gasteiger partial charge in [0.1, 0.15) is 23.2 Å². The predicted molar refractivity (Wildman–Crippen MR) is 99.8 cm³/mol. The minimum Gasteiger partial charge on any atom is -0.497 e. The molecule has 4 rings (SSSR count). The fourth-order valence-corrected chi connectivity index (χ4v) is 2.92. The smallest absolute Gasteiger partial charge is 0.161 e. The van der Waals surface area contributed by atoms with Crippen molar-refractivity contribution in [2.45, 2.75) is 6.92 Å². The highest BCUT2D eigenvalue weighted by Gasteiger charge is 2.14. The van der Waals surface area contributed by atoms with Gasteiger partial charge >= 0.3 is 0 Å². The van der Waals surface area contributed by atoms with E-state index in [-0.39, 0.29) is 0 Å². The monoisotopic (exact) mass is 366 g/mol. The molecule has 0 saturated carbocycles. The fourth-order valence-electron chi connectivity index (χ4n) is 2.92. The highest BCUT2D eigenvalue weighted by molar-refractivity contribution is 5.78. The number of ether oxygens (including phenoxy) is 1. The van der Waals surface area contributed by atoms with Gasteiger partial charge in [0.25, 0.3) is 0 Å². The maximum absolute atomic E-state index is 13.7. The zero-order valence-electron chi connectivity index (χ0n) is 14.7. The van der Waals surface area contributed by atoms with E-state index in [2.05, 4.69) is 15.3 Å². The third-order valence-corrected chi connectivity index (χ3v) is 4.19. The summed E-state index contributed by atoms with van der Waals surface area (Å²) in [6.45, 7) is 1.76. The zero-order valence-corrected chi connectivity index (χ0v) is 14.7. The quantitative estimate of drug-likeness (QED) is 0.566. The van der Waals surface area contributed by atoms with Crippen LogP contribution in [0.2, 0.25) is 0 Å². The van der Waals surface area contributed by atoms with E-state index in [9.17, 15) is 8.78 Å². The average Bonchev–Trinajstić information content (AvgIpc) is 2.97. The number of hydrogen-bond donors (Lipinski definition) is 1. The molecule has 0 aliphatic heterocycles. The normalized spacial score (nSPS) is 11.0. The van der Waals surface area contributed by atoms with Gasteiger partial charge in [0.2, 0.25) is 0 Å². The van der Waals surface area contributed by atoms with Crippen LogP contribution in [-0.4, -0.2) is 21.6 Å². The summed E-state index contributed by atoms with van der Waals surface area (Å²) in [4.78, 5) is 8.89. The molecule has 0 aliphatic carbocycles. The first kappa shape index (κ1) is 17.0. The van der Waals surface area contributed by atoms with Crippen molar-refractivity contribution in [3.05, 3.63) is 72.1 Å². The van der Waals surface area contributed by atoms with Gasteiger partial charge in [-0.1, -0.05) is 6.07 Å². The molecule has 27 heavy (non-hydrogen) atoms. The summed E-state index contributed by atoms with van der Waals surface area (Å²) < 4.78 is 34.1. The molecule has 0 bridgehead atoms. The topological polar surface area (TPSA) is 52.0 Å². The Balaban J connectivity index is 1.73. The number of benzene rings is 2. The van der Waals surface area contributed by atoms with Gasteiger partial charge in [0.15, 0.2) is 11.6 Å². The summed E-state index contributed by atoms with van der Waals surface area (Å²) in [6.07, 6.45) is 0. The molecular formula is C20H16F2N4O. The van der Waals surface area contributed by atoms with Gasteiger partial charge in [-0.05, 0) is 43.3 Å². The van der Waals surface area contributed by atoms with E-state index in [4.69, 9.17) is 4.74 Å². The number of pyridine rings is 1. The molecule has 5 nitrogen and oxygen atoms in total. The van der Waals surface area contributed by atoms with Crippen LogP contribution in [-0.2, 0) is 0 Å². The van der Waals surface area contributed by atoms with Crippen molar-refractivity contribution >= 4 is 22.5 Å². The van der Waals surface area contributed by atoms with Crippen LogP contribution < -0.4 is 10.1 Å². The highest BCUT2D eigenvalue weighted by Crippen LogP contribution is 2.24. The van der Waals surface area contributed by atoms with E-state index < -0.39 is 11.6 Å². The van der Waals surface area contributed by atoms with Gasteiger partial charge in [0, 0.05) is 17.8 Å². The number of aromatic nitrogens is 3. The summed E-state index contributed by atoms with van der Waals surface area (Å²) in [5.41, 5.74) is 1.68. The SMILES string of the molecule is COc1ccc(Nc2cccc(-n3c(C)nc4cc(F)c(F)cc43)n2)cc1. The molecule has 7 heteroatoms. The van der Waals surface area contributed by atoms with Crippen molar-refractivity contribution in [2.75, 3.05) is 12.4 Å². The molecule has 4 aromatic rings. The summed E-state index contributed by atoms with van der Waals surface area (Å²) in [5, 5.41) is 3.21. The predicted octanol–water partition coefficient (Wildman–Crippen LogP) is 4.76. The molecule has 0 spiro atoms. The first-order chi connectivity index (χ1) is 13.0. The Kier molecular flexibility index (Phi) is 4.19. The van der Waals surface area contributed by atoms with E-state index in [0.717, 1.165) is 23.6 Å². The zero-order chi connectivity index (χ0) is 19.0. The molecule has 136 valence electrons. The Hall–Kier alpha value is -3.48. The van der Waals surface area contributed by atoms with Crippen LogP contribution in [0.5, 0.6) is 5.75 Å². The van der Waals surface area contributed by atoms with Gasteiger partial charge < -0.3 is 10.1 Å². The van der Waals surface area contributed by atoms with Crippen molar-refractivity contribution in [1.82, 2.24) is 14.5 Å². The standard InChI is InChI=1S/C20H16F2N4O/c1-12-23-17-10-15(21)16(22)11-18(17)26(12)20-5-3-4-19(25-20)24-13-6-8-14(27-2)9-7-13/h3-11H,1-2H3,(H,24,25). The van der Waals surface area contributed by atoms with E-state index in [0.29, 0.717) is 28.5 Å². The lowest BCUT2D eigenvalue weighted by atomic mass is 10.3. The average molecular weight is 366 g/mol. The summed E-state index contributed by atoms with van der Waals surface area (Å²) >= 11 is 0. The number of rotatable bonds is 4. The molecule has 0 fully saturated rings. The maximum Gasteiger partial charge on any atom is 0.161 e.